The summed E-state index contributed by atoms with van der Waals surface area (Å²) in [4.78, 5) is 12.1. The summed E-state index contributed by atoms with van der Waals surface area (Å²) >= 11 is 0. The van der Waals surface area contributed by atoms with Crippen molar-refractivity contribution in [1.29, 1.82) is 0 Å². The molecule has 1 saturated heterocycles. The van der Waals surface area contributed by atoms with Crippen LogP contribution in [0.2, 0.25) is 0 Å². The van der Waals surface area contributed by atoms with Gasteiger partial charge >= 0.3 is 6.18 Å². The molecule has 2 heterocycles. The van der Waals surface area contributed by atoms with Gasteiger partial charge in [0.25, 0.3) is 0 Å². The van der Waals surface area contributed by atoms with Crippen molar-refractivity contribution in [3.8, 4) is 0 Å². The molecule has 1 aliphatic carbocycles. The van der Waals surface area contributed by atoms with E-state index in [2.05, 4.69) is 15.7 Å². The predicted octanol–water partition coefficient (Wildman–Crippen LogP) is 1.24. The van der Waals surface area contributed by atoms with E-state index >= 15 is 0 Å². The first-order chi connectivity index (χ1) is 10.6. The molecule has 2 aliphatic rings. The molecule has 2 fully saturated rings. The second-order valence-electron chi connectivity index (χ2n) is 6.87. The Hall–Kier alpha value is -1.57. The van der Waals surface area contributed by atoms with Crippen molar-refractivity contribution in [3.05, 3.63) is 17.0 Å². The van der Waals surface area contributed by atoms with Crippen LogP contribution in [0.3, 0.4) is 0 Å². The minimum Gasteiger partial charge on any atom is -0.355 e. The SMILES string of the molecule is Cc1nn(C)c(C)c1CC(=O)NC[C@@]12CNC[C@]1(C(F)(F)F)C2. The van der Waals surface area contributed by atoms with Gasteiger partial charge in [0.2, 0.25) is 5.91 Å². The molecule has 0 unspecified atom stereocenters. The number of amides is 1. The molecule has 1 aromatic heterocycles. The Kier molecular flexibility index (Phi) is 3.51. The zero-order valence-electron chi connectivity index (χ0n) is 13.5. The lowest BCUT2D eigenvalue weighted by Crippen LogP contribution is -2.38. The molecule has 1 aliphatic heterocycles. The highest BCUT2D eigenvalue weighted by molar-refractivity contribution is 5.79. The second-order valence-corrected chi connectivity index (χ2v) is 6.87. The number of alkyl halides is 3. The lowest BCUT2D eigenvalue weighted by molar-refractivity contribution is -0.190. The fourth-order valence-corrected chi connectivity index (χ4v) is 3.89. The molecule has 0 radical (unpaired) electrons. The van der Waals surface area contributed by atoms with Gasteiger partial charge in [-0.15, -0.1) is 0 Å². The van der Waals surface area contributed by atoms with Crippen molar-refractivity contribution in [3.63, 3.8) is 0 Å². The Balaban J connectivity index is 1.62. The number of carbonyl (C=O) groups excluding carboxylic acids is 1. The molecule has 23 heavy (non-hydrogen) atoms. The molecule has 1 saturated carbocycles. The summed E-state index contributed by atoms with van der Waals surface area (Å²) in [5, 5.41) is 9.76. The molecule has 1 amide bonds. The van der Waals surface area contributed by atoms with Crippen LogP contribution in [0.4, 0.5) is 13.2 Å². The van der Waals surface area contributed by atoms with Crippen LogP contribution in [0, 0.1) is 24.7 Å². The topological polar surface area (TPSA) is 59.0 Å². The van der Waals surface area contributed by atoms with E-state index < -0.39 is 17.0 Å². The van der Waals surface area contributed by atoms with E-state index in [1.165, 1.54) is 0 Å². The first kappa shape index (κ1) is 16.3. The zero-order chi connectivity index (χ0) is 17.0. The van der Waals surface area contributed by atoms with E-state index in [1.54, 1.807) is 11.7 Å². The van der Waals surface area contributed by atoms with Gasteiger partial charge in [-0.25, -0.2) is 0 Å². The van der Waals surface area contributed by atoms with Gasteiger partial charge in [0.1, 0.15) is 0 Å². The molecule has 0 spiro atoms. The summed E-state index contributed by atoms with van der Waals surface area (Å²) in [5.41, 5.74) is -0.0240. The average Bonchev–Trinajstić information content (AvgIpc) is 2.88. The third-order valence-electron chi connectivity index (χ3n) is 5.58. The maximum atomic E-state index is 13.2. The molecule has 5 nitrogen and oxygen atoms in total. The lowest BCUT2D eigenvalue weighted by Gasteiger charge is -2.20. The van der Waals surface area contributed by atoms with Crippen LogP contribution in [-0.4, -0.2) is 41.5 Å². The minimum absolute atomic E-state index is 0.0484. The maximum absolute atomic E-state index is 13.2. The maximum Gasteiger partial charge on any atom is 0.396 e. The Morgan fingerprint density at radius 3 is 2.61 bits per heavy atom. The first-order valence-corrected chi connectivity index (χ1v) is 7.65. The highest BCUT2D eigenvalue weighted by atomic mass is 19.4. The van der Waals surface area contributed by atoms with Gasteiger partial charge in [-0.05, 0) is 20.3 Å². The van der Waals surface area contributed by atoms with Crippen LogP contribution in [0.5, 0.6) is 0 Å². The second kappa shape index (κ2) is 4.96. The van der Waals surface area contributed by atoms with Crippen molar-refractivity contribution in [2.75, 3.05) is 19.6 Å². The van der Waals surface area contributed by atoms with E-state index in [0.29, 0.717) is 6.54 Å². The normalized spacial score (nSPS) is 29.5. The molecule has 2 atom stereocenters. The highest BCUT2D eigenvalue weighted by Crippen LogP contribution is 2.72. The summed E-state index contributed by atoms with van der Waals surface area (Å²) in [5.74, 6) is -0.256. The minimum atomic E-state index is -4.22. The summed E-state index contributed by atoms with van der Waals surface area (Å²) in [6, 6.07) is 0. The number of nitrogens with zero attached hydrogens (tertiary/aromatic N) is 2. The average molecular weight is 330 g/mol. The van der Waals surface area contributed by atoms with Gasteiger partial charge in [-0.1, -0.05) is 0 Å². The Labute approximate surface area is 132 Å². The van der Waals surface area contributed by atoms with Crippen LogP contribution in [0.15, 0.2) is 0 Å². The number of halogens is 3. The Morgan fingerprint density at radius 2 is 2.09 bits per heavy atom. The van der Waals surface area contributed by atoms with E-state index in [-0.39, 0.29) is 31.8 Å². The number of aromatic nitrogens is 2. The van der Waals surface area contributed by atoms with Gasteiger partial charge in [0.15, 0.2) is 0 Å². The van der Waals surface area contributed by atoms with Gasteiger partial charge in [-0.2, -0.15) is 18.3 Å². The van der Waals surface area contributed by atoms with Crippen molar-refractivity contribution >= 4 is 5.91 Å². The zero-order valence-corrected chi connectivity index (χ0v) is 13.5. The number of aryl methyl sites for hydroxylation is 2. The van der Waals surface area contributed by atoms with E-state index in [0.717, 1.165) is 17.0 Å². The van der Waals surface area contributed by atoms with Gasteiger partial charge in [0.05, 0.1) is 17.5 Å². The van der Waals surface area contributed by atoms with Gasteiger partial charge in [-0.3, -0.25) is 9.48 Å². The van der Waals surface area contributed by atoms with E-state index in [4.69, 9.17) is 0 Å². The van der Waals surface area contributed by atoms with Crippen LogP contribution in [0.25, 0.3) is 0 Å². The monoisotopic (exact) mass is 330 g/mol. The molecule has 3 rings (SSSR count). The highest BCUT2D eigenvalue weighted by Gasteiger charge is 2.81. The molecular formula is C15H21F3N4O. The number of hydrogen-bond acceptors (Lipinski definition) is 3. The summed E-state index contributed by atoms with van der Waals surface area (Å²) < 4.78 is 41.4. The smallest absolute Gasteiger partial charge is 0.355 e. The van der Waals surface area contributed by atoms with Crippen molar-refractivity contribution in [2.45, 2.75) is 32.9 Å². The van der Waals surface area contributed by atoms with E-state index in [1.807, 2.05) is 13.8 Å². The predicted molar refractivity (Wildman–Crippen MR) is 77.8 cm³/mol. The van der Waals surface area contributed by atoms with Crippen LogP contribution in [-0.2, 0) is 18.3 Å². The first-order valence-electron chi connectivity index (χ1n) is 7.65. The summed E-state index contributed by atoms with van der Waals surface area (Å²) in [6.07, 6.45) is -3.98. The molecule has 0 bridgehead atoms. The Morgan fingerprint density at radius 1 is 1.39 bits per heavy atom. The molecule has 128 valence electrons. The van der Waals surface area contributed by atoms with Gasteiger partial charge < -0.3 is 10.6 Å². The number of nitrogens with one attached hydrogen (secondary N) is 2. The number of fused-ring (bicyclic) bond motifs is 1. The number of piperidine rings is 1. The summed E-state index contributed by atoms with van der Waals surface area (Å²) in [7, 11) is 1.80. The fraction of sp³-hybridized carbons (Fsp3) is 0.733. The fourth-order valence-electron chi connectivity index (χ4n) is 3.89. The van der Waals surface area contributed by atoms with Crippen molar-refractivity contribution < 1.29 is 18.0 Å². The standard InChI is InChI=1S/C15H21F3N4O/c1-9-11(10(2)22(3)21-9)4-12(23)20-7-13-5-14(13,8-19-6-13)15(16,17)18/h19H,4-8H2,1-3H3,(H,20,23)/t13-,14-/m1/s1. The van der Waals surface area contributed by atoms with Crippen molar-refractivity contribution in [2.24, 2.45) is 17.9 Å². The van der Waals surface area contributed by atoms with E-state index in [9.17, 15) is 18.0 Å². The molecule has 0 aromatic carbocycles. The quantitative estimate of drug-likeness (QED) is 0.873. The summed E-state index contributed by atoms with van der Waals surface area (Å²) in [6.45, 7) is 4.02. The third-order valence-corrected chi connectivity index (χ3v) is 5.58. The third kappa shape index (κ3) is 2.34. The molecule has 2 N–H and O–H groups in total. The van der Waals surface area contributed by atoms with Crippen LogP contribution in [0.1, 0.15) is 23.4 Å². The van der Waals surface area contributed by atoms with Crippen molar-refractivity contribution in [1.82, 2.24) is 20.4 Å². The lowest BCUT2D eigenvalue weighted by atomic mass is 9.95. The largest absolute Gasteiger partial charge is 0.396 e. The Bertz CT molecular complexity index is 654. The van der Waals surface area contributed by atoms with Crippen LogP contribution >= 0.6 is 0 Å². The molecule has 8 heteroatoms. The van der Waals surface area contributed by atoms with Gasteiger partial charge in [0, 0.05) is 43.4 Å². The van der Waals surface area contributed by atoms with Crippen LogP contribution < -0.4 is 10.6 Å². The number of hydrogen-bond donors (Lipinski definition) is 2. The number of carbonyl (C=O) groups is 1. The molecule has 1 aromatic rings. The molecular weight excluding hydrogens is 309 g/mol. The number of rotatable bonds is 4.